The molecule has 1 aromatic heterocycles. The molecule has 1 heterocycles. The van der Waals surface area contributed by atoms with E-state index in [0.717, 1.165) is 12.1 Å². The molecule has 0 aliphatic rings. The molecule has 0 amide bonds. The maximum absolute atomic E-state index is 12.4. The molecule has 0 spiro atoms. The summed E-state index contributed by atoms with van der Waals surface area (Å²) in [4.78, 5) is 12.4. The maximum atomic E-state index is 12.4. The molecule has 0 saturated heterocycles. The van der Waals surface area contributed by atoms with Crippen LogP contribution in [0.3, 0.4) is 0 Å². The van der Waals surface area contributed by atoms with Crippen LogP contribution < -0.4 is 19.6 Å². The lowest BCUT2D eigenvalue weighted by molar-refractivity contribution is 0.324. The Labute approximate surface area is 147 Å². The van der Waals surface area contributed by atoms with Gasteiger partial charge in [0.25, 0.3) is 0 Å². The molecule has 3 aromatic rings. The van der Waals surface area contributed by atoms with Gasteiger partial charge in [0.1, 0.15) is 16.9 Å². The predicted octanol–water partition coefficient (Wildman–Crippen LogP) is 2.60. The number of hydrogen-bond acceptors (Lipinski definition) is 8. The van der Waals surface area contributed by atoms with Crippen LogP contribution in [0.15, 0.2) is 33.5 Å². The molecule has 2 aromatic carbocycles. The highest BCUT2D eigenvalue weighted by Crippen LogP contribution is 2.43. The molecule has 0 aliphatic carbocycles. The van der Waals surface area contributed by atoms with Crippen LogP contribution >= 0.6 is 0 Å². The smallest absolute Gasteiger partial charge is 0.203 e. The van der Waals surface area contributed by atoms with E-state index in [0.29, 0.717) is 22.8 Å². The van der Waals surface area contributed by atoms with Crippen LogP contribution in [-0.2, 0) is 0 Å². The Morgan fingerprint density at radius 2 is 1.46 bits per heavy atom. The average Bonchev–Trinajstić information content (AvgIpc) is 2.64. The lowest BCUT2D eigenvalue weighted by atomic mass is 10.1. The second kappa shape index (κ2) is 6.40. The number of phenols is 3. The van der Waals surface area contributed by atoms with E-state index in [1.807, 2.05) is 0 Å². The number of methoxy groups -OCH3 is 3. The first-order valence-electron chi connectivity index (χ1n) is 7.43. The summed E-state index contributed by atoms with van der Waals surface area (Å²) >= 11 is 0. The van der Waals surface area contributed by atoms with Crippen molar-refractivity contribution in [1.29, 1.82) is 0 Å². The number of benzene rings is 2. The molecule has 0 aliphatic heterocycles. The quantitative estimate of drug-likeness (QED) is 0.480. The fraction of sp³-hybridized carbons (Fsp3) is 0.167. The number of aromatic hydroxyl groups is 3. The van der Waals surface area contributed by atoms with Crippen molar-refractivity contribution in [3.05, 3.63) is 34.5 Å². The maximum Gasteiger partial charge on any atom is 0.203 e. The van der Waals surface area contributed by atoms with Crippen LogP contribution in [0.25, 0.3) is 22.3 Å². The minimum Gasteiger partial charge on any atom is -0.507 e. The Balaban J connectivity index is 2.33. The van der Waals surface area contributed by atoms with E-state index in [9.17, 15) is 20.1 Å². The molecule has 0 fully saturated rings. The molecule has 0 saturated carbocycles. The molecule has 26 heavy (non-hydrogen) atoms. The van der Waals surface area contributed by atoms with Gasteiger partial charge in [-0.05, 0) is 12.1 Å². The normalized spacial score (nSPS) is 10.7. The van der Waals surface area contributed by atoms with Crippen LogP contribution in [0.1, 0.15) is 0 Å². The molecule has 136 valence electrons. The van der Waals surface area contributed by atoms with Crippen molar-refractivity contribution in [3.8, 4) is 45.8 Å². The summed E-state index contributed by atoms with van der Waals surface area (Å²) in [5.74, 6) is -0.646. The number of fused-ring (bicyclic) bond motifs is 1. The number of rotatable bonds is 4. The summed E-state index contributed by atoms with van der Waals surface area (Å²) < 4.78 is 21.3. The average molecular weight is 360 g/mol. The standard InChI is InChI=1S/C18H16O8/c1-23-13-4-8(5-14(24-2)17(13)25-3)12-7-10(20)15-9(19)6-11(21)16(22)18(15)26-12/h4-7,19,21-22H,1-3H3. The van der Waals surface area contributed by atoms with Gasteiger partial charge in [-0.1, -0.05) is 0 Å². The van der Waals surface area contributed by atoms with Gasteiger partial charge in [-0.15, -0.1) is 0 Å². The molecule has 8 heteroatoms. The molecule has 3 N–H and O–H groups in total. The predicted molar refractivity (Wildman–Crippen MR) is 92.6 cm³/mol. The summed E-state index contributed by atoms with van der Waals surface area (Å²) in [6.07, 6.45) is 0. The first-order valence-corrected chi connectivity index (χ1v) is 7.43. The highest BCUT2D eigenvalue weighted by atomic mass is 16.5. The molecule has 0 radical (unpaired) electrons. The zero-order valence-electron chi connectivity index (χ0n) is 14.2. The summed E-state index contributed by atoms with van der Waals surface area (Å²) in [5.41, 5.74) is -0.526. The van der Waals surface area contributed by atoms with Crippen molar-refractivity contribution in [3.63, 3.8) is 0 Å². The first-order chi connectivity index (χ1) is 12.4. The van der Waals surface area contributed by atoms with Crippen LogP contribution in [0.5, 0.6) is 34.5 Å². The number of hydrogen-bond donors (Lipinski definition) is 3. The van der Waals surface area contributed by atoms with Crippen LogP contribution in [-0.4, -0.2) is 36.6 Å². The van der Waals surface area contributed by atoms with Gasteiger partial charge in [-0.2, -0.15) is 0 Å². The Bertz CT molecular complexity index is 1030. The molecular formula is C18H16O8. The number of ether oxygens (including phenoxy) is 3. The molecule has 0 bridgehead atoms. The number of phenolic OH excluding ortho intramolecular Hbond substituents is 3. The van der Waals surface area contributed by atoms with Crippen LogP contribution in [0, 0.1) is 0 Å². The van der Waals surface area contributed by atoms with E-state index < -0.39 is 22.7 Å². The van der Waals surface area contributed by atoms with E-state index >= 15 is 0 Å². The van der Waals surface area contributed by atoms with E-state index in [1.54, 1.807) is 12.1 Å². The Kier molecular flexibility index (Phi) is 4.25. The van der Waals surface area contributed by atoms with Crippen molar-refractivity contribution >= 4 is 11.0 Å². The molecule has 8 nitrogen and oxygen atoms in total. The minimum absolute atomic E-state index is 0.0713. The van der Waals surface area contributed by atoms with Gasteiger partial charge in [0.2, 0.25) is 11.5 Å². The zero-order valence-corrected chi connectivity index (χ0v) is 14.2. The van der Waals surface area contributed by atoms with E-state index in [1.165, 1.54) is 21.3 Å². The molecular weight excluding hydrogens is 344 g/mol. The monoisotopic (exact) mass is 360 g/mol. The van der Waals surface area contributed by atoms with Gasteiger partial charge in [-0.25, -0.2) is 0 Å². The summed E-state index contributed by atoms with van der Waals surface area (Å²) in [5, 5.41) is 29.3. The lowest BCUT2D eigenvalue weighted by Gasteiger charge is -2.14. The summed E-state index contributed by atoms with van der Waals surface area (Å²) in [6.45, 7) is 0. The van der Waals surface area contributed by atoms with Crippen molar-refractivity contribution < 1.29 is 33.9 Å². The Hall–Kier alpha value is -3.55. The fourth-order valence-corrected chi connectivity index (χ4v) is 2.65. The van der Waals surface area contributed by atoms with Crippen LogP contribution in [0.2, 0.25) is 0 Å². The van der Waals surface area contributed by atoms with Gasteiger partial charge >= 0.3 is 0 Å². The third kappa shape index (κ3) is 2.61. The first kappa shape index (κ1) is 17.3. The van der Waals surface area contributed by atoms with E-state index in [2.05, 4.69) is 0 Å². The zero-order chi connectivity index (χ0) is 19.0. The van der Waals surface area contributed by atoms with Crippen molar-refractivity contribution in [2.45, 2.75) is 0 Å². The largest absolute Gasteiger partial charge is 0.507 e. The fourth-order valence-electron chi connectivity index (χ4n) is 2.65. The van der Waals surface area contributed by atoms with Gasteiger partial charge in [0.15, 0.2) is 28.3 Å². The van der Waals surface area contributed by atoms with Gasteiger partial charge in [-0.3, -0.25) is 4.79 Å². The van der Waals surface area contributed by atoms with E-state index in [4.69, 9.17) is 18.6 Å². The third-order valence-electron chi connectivity index (χ3n) is 3.88. The van der Waals surface area contributed by atoms with Crippen molar-refractivity contribution in [1.82, 2.24) is 0 Å². The summed E-state index contributed by atoms with van der Waals surface area (Å²) in [6, 6.07) is 5.14. The molecule has 0 atom stereocenters. The van der Waals surface area contributed by atoms with Gasteiger partial charge < -0.3 is 33.9 Å². The second-order valence-corrected chi connectivity index (χ2v) is 5.36. The van der Waals surface area contributed by atoms with Gasteiger partial charge in [0.05, 0.1) is 21.3 Å². The van der Waals surface area contributed by atoms with E-state index in [-0.39, 0.29) is 16.7 Å². The second-order valence-electron chi connectivity index (χ2n) is 5.36. The van der Waals surface area contributed by atoms with Crippen molar-refractivity contribution in [2.75, 3.05) is 21.3 Å². The highest BCUT2D eigenvalue weighted by Gasteiger charge is 2.20. The Morgan fingerprint density at radius 1 is 0.846 bits per heavy atom. The molecule has 3 rings (SSSR count). The molecule has 0 unspecified atom stereocenters. The summed E-state index contributed by atoms with van der Waals surface area (Å²) in [7, 11) is 4.35. The topological polar surface area (TPSA) is 119 Å². The SMILES string of the molecule is COc1cc(-c2cc(=O)c3c(O)cc(O)c(O)c3o2)cc(OC)c1OC. The van der Waals surface area contributed by atoms with Crippen molar-refractivity contribution in [2.24, 2.45) is 0 Å². The minimum atomic E-state index is -0.649. The Morgan fingerprint density at radius 3 is 2.00 bits per heavy atom. The van der Waals surface area contributed by atoms with Gasteiger partial charge in [0, 0.05) is 17.7 Å². The highest BCUT2D eigenvalue weighted by molar-refractivity contribution is 5.91. The lowest BCUT2D eigenvalue weighted by Crippen LogP contribution is -2.02. The third-order valence-corrected chi connectivity index (χ3v) is 3.88. The van der Waals surface area contributed by atoms with Crippen LogP contribution in [0.4, 0.5) is 0 Å².